The monoisotopic (exact) mass is 165 g/mol. The molecule has 0 aromatic carbocycles. The molecule has 0 fully saturated rings. The third kappa shape index (κ3) is 2.62. The van der Waals surface area contributed by atoms with E-state index < -0.39 is 0 Å². The summed E-state index contributed by atoms with van der Waals surface area (Å²) in [5, 5.41) is 0. The molecular weight excluding hydrogens is 150 g/mol. The third-order valence-electron chi connectivity index (χ3n) is 1.95. The van der Waals surface area contributed by atoms with E-state index in [0.29, 0.717) is 5.92 Å². The van der Waals surface area contributed by atoms with Crippen LogP contribution in [0.1, 0.15) is 25.0 Å². The molecule has 0 amide bonds. The Morgan fingerprint density at radius 2 is 2.33 bits per heavy atom. The molecule has 0 bridgehead atoms. The molecular formula is C10H15NO. The third-order valence-corrected chi connectivity index (χ3v) is 1.95. The van der Waals surface area contributed by atoms with E-state index in [2.05, 4.69) is 18.0 Å². The van der Waals surface area contributed by atoms with Gasteiger partial charge in [-0.25, -0.2) is 0 Å². The van der Waals surface area contributed by atoms with Gasteiger partial charge in [-0.05, 0) is 18.6 Å². The molecule has 0 N–H and O–H groups in total. The van der Waals surface area contributed by atoms with E-state index >= 15 is 0 Å². The van der Waals surface area contributed by atoms with Crippen molar-refractivity contribution in [3.8, 4) is 0 Å². The van der Waals surface area contributed by atoms with Crippen LogP contribution >= 0.6 is 0 Å². The molecule has 1 rings (SSSR count). The summed E-state index contributed by atoms with van der Waals surface area (Å²) in [5.41, 5.74) is 1.15. The maximum atomic E-state index is 5.01. The van der Waals surface area contributed by atoms with Gasteiger partial charge in [0.25, 0.3) is 0 Å². The summed E-state index contributed by atoms with van der Waals surface area (Å²) < 4.78 is 5.01. The number of aromatic nitrogens is 1. The Hall–Kier alpha value is -0.890. The molecule has 0 aliphatic carbocycles. The van der Waals surface area contributed by atoms with E-state index in [1.807, 2.05) is 18.3 Å². The largest absolute Gasteiger partial charge is 0.385 e. The fourth-order valence-corrected chi connectivity index (χ4v) is 1.11. The summed E-state index contributed by atoms with van der Waals surface area (Å²) in [4.78, 5) is 4.28. The van der Waals surface area contributed by atoms with Gasteiger partial charge in [0, 0.05) is 31.5 Å². The summed E-state index contributed by atoms with van der Waals surface area (Å²) in [6.07, 6.45) is 2.87. The van der Waals surface area contributed by atoms with Gasteiger partial charge in [0.05, 0.1) is 0 Å². The van der Waals surface area contributed by atoms with Crippen LogP contribution in [0.5, 0.6) is 0 Å². The number of nitrogens with zero attached hydrogens (tertiary/aromatic N) is 1. The molecule has 12 heavy (non-hydrogen) atoms. The van der Waals surface area contributed by atoms with Gasteiger partial charge in [0.2, 0.25) is 0 Å². The molecule has 1 aromatic rings. The summed E-state index contributed by atoms with van der Waals surface area (Å²) in [6, 6.07) is 6.01. The second-order valence-electron chi connectivity index (χ2n) is 2.94. The van der Waals surface area contributed by atoms with Crippen LogP contribution in [-0.2, 0) is 4.74 Å². The van der Waals surface area contributed by atoms with Crippen molar-refractivity contribution >= 4 is 0 Å². The molecule has 1 heterocycles. The minimum Gasteiger partial charge on any atom is -0.385 e. The van der Waals surface area contributed by atoms with Crippen LogP contribution in [0.4, 0.5) is 0 Å². The molecule has 0 aliphatic rings. The lowest BCUT2D eigenvalue weighted by atomic mass is 10.0. The summed E-state index contributed by atoms with van der Waals surface area (Å²) in [6.45, 7) is 2.97. The average molecular weight is 165 g/mol. The van der Waals surface area contributed by atoms with Crippen molar-refractivity contribution in [2.24, 2.45) is 0 Å². The van der Waals surface area contributed by atoms with Gasteiger partial charge in [0.1, 0.15) is 0 Å². The van der Waals surface area contributed by atoms with Gasteiger partial charge in [-0.3, -0.25) is 4.98 Å². The van der Waals surface area contributed by atoms with Crippen molar-refractivity contribution in [1.82, 2.24) is 4.98 Å². The highest BCUT2D eigenvalue weighted by molar-refractivity contribution is 5.07. The zero-order valence-electron chi connectivity index (χ0n) is 7.66. The normalized spacial score (nSPS) is 12.8. The van der Waals surface area contributed by atoms with E-state index in [1.165, 1.54) is 0 Å². The van der Waals surface area contributed by atoms with E-state index in [4.69, 9.17) is 4.74 Å². The highest BCUT2D eigenvalue weighted by Gasteiger charge is 2.04. The van der Waals surface area contributed by atoms with Gasteiger partial charge in [-0.1, -0.05) is 13.0 Å². The zero-order valence-corrected chi connectivity index (χ0v) is 7.66. The molecule has 0 saturated heterocycles. The lowest BCUT2D eigenvalue weighted by molar-refractivity contribution is 0.189. The average Bonchev–Trinajstić information content (AvgIpc) is 2.15. The Labute approximate surface area is 73.6 Å². The first-order valence-corrected chi connectivity index (χ1v) is 4.24. The highest BCUT2D eigenvalue weighted by atomic mass is 16.5. The number of hydrogen-bond acceptors (Lipinski definition) is 2. The number of hydrogen-bond donors (Lipinski definition) is 0. The van der Waals surface area contributed by atoms with Crippen LogP contribution < -0.4 is 0 Å². The minimum absolute atomic E-state index is 0.492. The highest BCUT2D eigenvalue weighted by Crippen LogP contribution is 2.15. The SMILES string of the molecule is COCCC(C)c1ccccn1. The smallest absolute Gasteiger partial charge is 0.0468 e. The molecule has 0 aliphatic heterocycles. The predicted octanol–water partition coefficient (Wildman–Crippen LogP) is 2.22. The van der Waals surface area contributed by atoms with Crippen LogP contribution in [-0.4, -0.2) is 18.7 Å². The Balaban J connectivity index is 2.48. The van der Waals surface area contributed by atoms with Crippen molar-refractivity contribution in [2.75, 3.05) is 13.7 Å². The van der Waals surface area contributed by atoms with Crippen molar-refractivity contribution in [1.29, 1.82) is 0 Å². The lowest BCUT2D eigenvalue weighted by Crippen LogP contribution is -2.00. The predicted molar refractivity (Wildman–Crippen MR) is 49.1 cm³/mol. The Morgan fingerprint density at radius 1 is 1.50 bits per heavy atom. The standard InChI is InChI=1S/C10H15NO/c1-9(6-8-12-2)10-5-3-4-7-11-10/h3-5,7,9H,6,8H2,1-2H3. The molecule has 1 atom stereocenters. The number of pyridine rings is 1. The van der Waals surface area contributed by atoms with Crippen LogP contribution in [0.2, 0.25) is 0 Å². The Bertz CT molecular complexity index is 210. The second kappa shape index (κ2) is 4.88. The minimum atomic E-state index is 0.492. The maximum absolute atomic E-state index is 5.01. The lowest BCUT2D eigenvalue weighted by Gasteiger charge is -2.08. The fourth-order valence-electron chi connectivity index (χ4n) is 1.11. The first-order chi connectivity index (χ1) is 5.84. The molecule has 0 radical (unpaired) electrons. The first-order valence-electron chi connectivity index (χ1n) is 4.24. The molecule has 1 aromatic heterocycles. The summed E-state index contributed by atoms with van der Waals surface area (Å²) in [5.74, 6) is 0.492. The number of rotatable bonds is 4. The molecule has 1 unspecified atom stereocenters. The molecule has 2 nitrogen and oxygen atoms in total. The van der Waals surface area contributed by atoms with Crippen LogP contribution in [0.25, 0.3) is 0 Å². The topological polar surface area (TPSA) is 22.1 Å². The molecule has 0 saturated carbocycles. The van der Waals surface area contributed by atoms with Crippen molar-refractivity contribution in [2.45, 2.75) is 19.3 Å². The van der Waals surface area contributed by atoms with Crippen molar-refractivity contribution in [3.05, 3.63) is 30.1 Å². The van der Waals surface area contributed by atoms with Gasteiger partial charge in [-0.2, -0.15) is 0 Å². The van der Waals surface area contributed by atoms with Crippen molar-refractivity contribution in [3.63, 3.8) is 0 Å². The molecule has 0 spiro atoms. The van der Waals surface area contributed by atoms with Crippen molar-refractivity contribution < 1.29 is 4.74 Å². The van der Waals surface area contributed by atoms with Crippen LogP contribution in [0.15, 0.2) is 24.4 Å². The van der Waals surface area contributed by atoms with Gasteiger partial charge in [-0.15, -0.1) is 0 Å². The van der Waals surface area contributed by atoms with E-state index in [0.717, 1.165) is 18.7 Å². The second-order valence-corrected chi connectivity index (χ2v) is 2.94. The Morgan fingerprint density at radius 3 is 2.92 bits per heavy atom. The Kier molecular flexibility index (Phi) is 3.74. The van der Waals surface area contributed by atoms with E-state index in [1.54, 1.807) is 7.11 Å². The first kappa shape index (κ1) is 9.20. The number of methoxy groups -OCH3 is 1. The van der Waals surface area contributed by atoms with E-state index in [-0.39, 0.29) is 0 Å². The van der Waals surface area contributed by atoms with Gasteiger partial charge in [0.15, 0.2) is 0 Å². The van der Waals surface area contributed by atoms with E-state index in [9.17, 15) is 0 Å². The van der Waals surface area contributed by atoms with Crippen LogP contribution in [0, 0.1) is 0 Å². The number of ether oxygens (including phenoxy) is 1. The molecule has 2 heteroatoms. The van der Waals surface area contributed by atoms with Gasteiger partial charge < -0.3 is 4.74 Å². The van der Waals surface area contributed by atoms with Crippen LogP contribution in [0.3, 0.4) is 0 Å². The zero-order chi connectivity index (χ0) is 8.81. The fraction of sp³-hybridized carbons (Fsp3) is 0.500. The maximum Gasteiger partial charge on any atom is 0.0468 e. The quantitative estimate of drug-likeness (QED) is 0.682. The summed E-state index contributed by atoms with van der Waals surface area (Å²) in [7, 11) is 1.73. The van der Waals surface area contributed by atoms with Gasteiger partial charge >= 0.3 is 0 Å². The molecule has 66 valence electrons. The summed E-state index contributed by atoms with van der Waals surface area (Å²) >= 11 is 0.